The van der Waals surface area contributed by atoms with Gasteiger partial charge in [0.15, 0.2) is 0 Å². The minimum Gasteiger partial charge on any atom is -0.316 e. The lowest BCUT2D eigenvalue weighted by atomic mass is 10.1. The third kappa shape index (κ3) is 3.68. The Labute approximate surface area is 117 Å². The zero-order valence-electron chi connectivity index (χ0n) is 12.1. The van der Waals surface area contributed by atoms with E-state index in [0.717, 1.165) is 25.8 Å². The van der Waals surface area contributed by atoms with Gasteiger partial charge in [-0.25, -0.2) is 12.7 Å². The molecule has 0 aliphatic carbocycles. The molecule has 2 atom stereocenters. The first-order chi connectivity index (χ1) is 9.04. The van der Waals surface area contributed by atoms with Crippen molar-refractivity contribution >= 4 is 10.0 Å². The molecule has 2 saturated heterocycles. The van der Waals surface area contributed by atoms with Gasteiger partial charge in [-0.2, -0.15) is 0 Å². The van der Waals surface area contributed by atoms with Gasteiger partial charge in [0.1, 0.15) is 0 Å². The van der Waals surface area contributed by atoms with Crippen LogP contribution in [0.4, 0.5) is 0 Å². The number of hydrogen-bond donors (Lipinski definition) is 1. The van der Waals surface area contributed by atoms with Crippen LogP contribution < -0.4 is 5.32 Å². The molecule has 0 amide bonds. The fourth-order valence-corrected chi connectivity index (χ4v) is 4.61. The lowest BCUT2D eigenvalue weighted by Gasteiger charge is -2.25. The minimum absolute atomic E-state index is 0.230. The molecule has 6 heteroatoms. The Hall–Kier alpha value is -0.170. The van der Waals surface area contributed by atoms with Crippen LogP contribution in [0.25, 0.3) is 0 Å². The zero-order valence-corrected chi connectivity index (χ0v) is 13.0. The van der Waals surface area contributed by atoms with Gasteiger partial charge in [-0.1, -0.05) is 6.92 Å². The summed E-state index contributed by atoms with van der Waals surface area (Å²) in [5.74, 6) is 0.230. The molecule has 2 fully saturated rings. The van der Waals surface area contributed by atoms with Gasteiger partial charge in [-0.05, 0) is 39.3 Å². The molecule has 2 rings (SSSR count). The van der Waals surface area contributed by atoms with Crippen molar-refractivity contribution in [1.29, 1.82) is 0 Å². The summed E-state index contributed by atoms with van der Waals surface area (Å²) >= 11 is 0. The molecule has 0 aromatic rings. The average Bonchev–Trinajstić information content (AvgIpc) is 2.58. The maximum Gasteiger partial charge on any atom is 0.215 e. The molecule has 0 aromatic heterocycles. The van der Waals surface area contributed by atoms with E-state index in [-0.39, 0.29) is 5.75 Å². The average molecular weight is 289 g/mol. The quantitative estimate of drug-likeness (QED) is 0.723. The summed E-state index contributed by atoms with van der Waals surface area (Å²) in [6.45, 7) is 4.92. The molecule has 0 saturated carbocycles. The van der Waals surface area contributed by atoms with Crippen molar-refractivity contribution in [2.45, 2.75) is 44.7 Å². The van der Waals surface area contributed by atoms with Crippen LogP contribution >= 0.6 is 0 Å². The Morgan fingerprint density at radius 3 is 2.63 bits per heavy atom. The number of sulfonamides is 1. The molecule has 2 heterocycles. The molecule has 0 spiro atoms. The molecule has 112 valence electrons. The Bertz CT molecular complexity index is 385. The van der Waals surface area contributed by atoms with Gasteiger partial charge in [0.05, 0.1) is 5.75 Å². The van der Waals surface area contributed by atoms with E-state index in [1.165, 1.54) is 6.42 Å². The second kappa shape index (κ2) is 6.52. The first kappa shape index (κ1) is 15.2. The van der Waals surface area contributed by atoms with E-state index >= 15 is 0 Å². The predicted octanol–water partition coefficient (Wildman–Crippen LogP) is 0.484. The lowest BCUT2D eigenvalue weighted by molar-refractivity contribution is 0.246. The van der Waals surface area contributed by atoms with Gasteiger partial charge in [-0.3, -0.25) is 4.90 Å². The van der Waals surface area contributed by atoms with Crippen LogP contribution in [-0.4, -0.2) is 68.7 Å². The fourth-order valence-electron chi connectivity index (χ4n) is 3.16. The molecule has 1 N–H and O–H groups in total. The number of fused-ring (bicyclic) bond motifs is 2. The second-order valence-electron chi connectivity index (χ2n) is 5.76. The van der Waals surface area contributed by atoms with Crippen LogP contribution in [0, 0.1) is 0 Å². The molecule has 19 heavy (non-hydrogen) atoms. The molecule has 2 unspecified atom stereocenters. The summed E-state index contributed by atoms with van der Waals surface area (Å²) < 4.78 is 26.4. The van der Waals surface area contributed by atoms with Crippen molar-refractivity contribution < 1.29 is 8.42 Å². The van der Waals surface area contributed by atoms with Crippen LogP contribution in [0.15, 0.2) is 0 Å². The van der Waals surface area contributed by atoms with Crippen molar-refractivity contribution in [2.24, 2.45) is 0 Å². The molecular weight excluding hydrogens is 262 g/mol. The SMILES string of the molecule is CCCNCCS(=O)(=O)N1CCC2CCC(C1)N2C. The van der Waals surface area contributed by atoms with E-state index in [2.05, 4.69) is 24.2 Å². The Morgan fingerprint density at radius 2 is 1.89 bits per heavy atom. The van der Waals surface area contributed by atoms with Crippen LogP contribution in [0.3, 0.4) is 0 Å². The van der Waals surface area contributed by atoms with Gasteiger partial charge in [0.25, 0.3) is 0 Å². The molecule has 2 bridgehead atoms. The number of likely N-dealkylation sites (N-methyl/N-ethyl adjacent to an activating group) is 1. The first-order valence-corrected chi connectivity index (χ1v) is 9.06. The summed E-state index contributed by atoms with van der Waals surface area (Å²) in [7, 11) is -0.949. The monoisotopic (exact) mass is 289 g/mol. The Kier molecular flexibility index (Phi) is 5.22. The number of nitrogens with one attached hydrogen (secondary N) is 1. The standard InChI is InChI=1S/C13H27N3O2S/c1-3-7-14-8-10-19(17,18)16-9-6-12-4-5-13(11-16)15(12)2/h12-14H,3-11H2,1-2H3. The third-order valence-corrected chi connectivity index (χ3v) is 6.31. The first-order valence-electron chi connectivity index (χ1n) is 7.45. The maximum absolute atomic E-state index is 12.4. The van der Waals surface area contributed by atoms with E-state index in [1.54, 1.807) is 4.31 Å². The highest BCUT2D eigenvalue weighted by molar-refractivity contribution is 7.89. The van der Waals surface area contributed by atoms with Gasteiger partial charge in [-0.15, -0.1) is 0 Å². The van der Waals surface area contributed by atoms with Gasteiger partial charge in [0, 0.05) is 31.7 Å². The van der Waals surface area contributed by atoms with E-state index in [1.807, 2.05) is 0 Å². The smallest absolute Gasteiger partial charge is 0.215 e. The number of rotatable bonds is 6. The number of nitrogens with zero attached hydrogens (tertiary/aromatic N) is 2. The van der Waals surface area contributed by atoms with Gasteiger partial charge < -0.3 is 5.32 Å². The molecule has 0 aromatic carbocycles. The predicted molar refractivity (Wildman–Crippen MR) is 77.7 cm³/mol. The topological polar surface area (TPSA) is 52.7 Å². The fraction of sp³-hybridized carbons (Fsp3) is 1.00. The lowest BCUT2D eigenvalue weighted by Crippen LogP contribution is -2.42. The minimum atomic E-state index is -3.09. The third-order valence-electron chi connectivity index (χ3n) is 4.47. The highest BCUT2D eigenvalue weighted by Crippen LogP contribution is 2.29. The van der Waals surface area contributed by atoms with E-state index < -0.39 is 10.0 Å². The summed E-state index contributed by atoms with van der Waals surface area (Å²) in [5, 5.41) is 3.17. The maximum atomic E-state index is 12.4. The van der Waals surface area contributed by atoms with Crippen molar-refractivity contribution in [3.8, 4) is 0 Å². The highest BCUT2D eigenvalue weighted by atomic mass is 32.2. The van der Waals surface area contributed by atoms with E-state index in [0.29, 0.717) is 31.7 Å². The van der Waals surface area contributed by atoms with Crippen molar-refractivity contribution in [3.05, 3.63) is 0 Å². The normalized spacial score (nSPS) is 29.6. The van der Waals surface area contributed by atoms with Crippen LogP contribution in [0.1, 0.15) is 32.6 Å². The van der Waals surface area contributed by atoms with E-state index in [9.17, 15) is 8.42 Å². The molecule has 0 radical (unpaired) electrons. The van der Waals surface area contributed by atoms with Crippen LogP contribution in [0.5, 0.6) is 0 Å². The molecule has 2 aliphatic rings. The van der Waals surface area contributed by atoms with Crippen LogP contribution in [-0.2, 0) is 10.0 Å². The summed E-state index contributed by atoms with van der Waals surface area (Å²) in [5.41, 5.74) is 0. The van der Waals surface area contributed by atoms with E-state index in [4.69, 9.17) is 0 Å². The van der Waals surface area contributed by atoms with Crippen LogP contribution in [0.2, 0.25) is 0 Å². The van der Waals surface area contributed by atoms with Crippen molar-refractivity contribution in [3.63, 3.8) is 0 Å². The summed E-state index contributed by atoms with van der Waals surface area (Å²) in [6.07, 6.45) is 4.39. The summed E-state index contributed by atoms with van der Waals surface area (Å²) in [4.78, 5) is 2.38. The number of hydrogen-bond acceptors (Lipinski definition) is 4. The van der Waals surface area contributed by atoms with Gasteiger partial charge >= 0.3 is 0 Å². The Morgan fingerprint density at radius 1 is 1.16 bits per heavy atom. The summed E-state index contributed by atoms with van der Waals surface area (Å²) in [6, 6.07) is 1.01. The molecular formula is C13H27N3O2S. The van der Waals surface area contributed by atoms with Crippen molar-refractivity contribution in [1.82, 2.24) is 14.5 Å². The van der Waals surface area contributed by atoms with Gasteiger partial charge in [0.2, 0.25) is 10.0 Å². The Balaban J connectivity index is 1.90. The molecule has 5 nitrogen and oxygen atoms in total. The molecule has 2 aliphatic heterocycles. The second-order valence-corrected chi connectivity index (χ2v) is 7.85. The van der Waals surface area contributed by atoms with Crippen molar-refractivity contribution in [2.75, 3.05) is 39.0 Å². The largest absolute Gasteiger partial charge is 0.316 e. The highest BCUT2D eigenvalue weighted by Gasteiger charge is 2.37. The zero-order chi connectivity index (χ0) is 13.9.